The van der Waals surface area contributed by atoms with Crippen molar-refractivity contribution >= 4 is 11.7 Å². The van der Waals surface area contributed by atoms with Crippen LogP contribution in [0, 0.1) is 11.4 Å². The number of carbonyl (C=O) groups is 1. The van der Waals surface area contributed by atoms with Crippen LogP contribution in [-0.2, 0) is 13.0 Å². The number of rotatable bonds is 6. The van der Waals surface area contributed by atoms with E-state index >= 15 is 0 Å². The molecule has 2 aromatic carbocycles. The number of aromatic nitrogens is 1. The monoisotopic (exact) mass is 407 g/mol. The van der Waals surface area contributed by atoms with Crippen LogP contribution < -0.4 is 15.8 Å². The Morgan fingerprint density at radius 3 is 2.43 bits per heavy atom. The lowest BCUT2D eigenvalue weighted by Crippen LogP contribution is -2.24. The molecule has 1 aromatic heterocycles. The Balaban J connectivity index is 1.59. The molecule has 0 aliphatic carbocycles. The van der Waals surface area contributed by atoms with Crippen molar-refractivity contribution in [2.75, 3.05) is 5.73 Å². The fourth-order valence-corrected chi connectivity index (χ4v) is 3.06. The van der Waals surface area contributed by atoms with Gasteiger partial charge in [-0.15, -0.1) is 0 Å². The average Bonchev–Trinajstić information content (AvgIpc) is 2.66. The van der Waals surface area contributed by atoms with Crippen molar-refractivity contribution in [2.24, 2.45) is 5.41 Å². The molecule has 5 nitrogen and oxygen atoms in total. The smallest absolute Gasteiger partial charge is 0.255 e. The number of benzene rings is 2. The average molecular weight is 407 g/mol. The number of amides is 1. The Morgan fingerprint density at radius 1 is 1.03 bits per heavy atom. The Hall–Kier alpha value is -3.41. The molecule has 0 radical (unpaired) electrons. The number of pyridine rings is 1. The number of anilines is 1. The van der Waals surface area contributed by atoms with Gasteiger partial charge in [0.25, 0.3) is 5.91 Å². The molecule has 3 rings (SSSR count). The molecule has 30 heavy (non-hydrogen) atoms. The molecule has 0 atom stereocenters. The van der Waals surface area contributed by atoms with Crippen LogP contribution >= 0.6 is 0 Å². The highest BCUT2D eigenvalue weighted by atomic mass is 19.1. The Bertz CT molecular complexity index is 1030. The molecule has 1 amide bonds. The largest absolute Gasteiger partial charge is 0.457 e. The molecule has 3 aromatic rings. The van der Waals surface area contributed by atoms with E-state index in [2.05, 4.69) is 43.2 Å². The topological polar surface area (TPSA) is 77.2 Å². The predicted molar refractivity (Wildman–Crippen MR) is 116 cm³/mol. The number of ether oxygens (including phenoxy) is 1. The maximum Gasteiger partial charge on any atom is 0.255 e. The predicted octanol–water partition coefficient (Wildman–Crippen LogP) is 5.11. The molecule has 0 aliphatic heterocycles. The summed E-state index contributed by atoms with van der Waals surface area (Å²) >= 11 is 0. The van der Waals surface area contributed by atoms with Crippen LogP contribution in [0.4, 0.5) is 10.2 Å². The summed E-state index contributed by atoms with van der Waals surface area (Å²) in [4.78, 5) is 15.7. The van der Waals surface area contributed by atoms with Crippen molar-refractivity contribution in [3.8, 4) is 11.5 Å². The van der Waals surface area contributed by atoms with E-state index in [4.69, 9.17) is 10.5 Å². The van der Waals surface area contributed by atoms with Crippen LogP contribution in [0.2, 0.25) is 0 Å². The molecule has 0 saturated heterocycles. The minimum atomic E-state index is -0.719. The van der Waals surface area contributed by atoms with E-state index in [0.717, 1.165) is 23.8 Å². The summed E-state index contributed by atoms with van der Waals surface area (Å²) in [5, 5.41) is 2.75. The third-order valence-corrected chi connectivity index (χ3v) is 4.38. The molecular weight excluding hydrogens is 381 g/mol. The SMILES string of the molecule is CC(C)(C)Cc1cccc(Oc2ccc(CNC(=O)c3ccc(F)nc3N)cc2)c1. The highest BCUT2D eigenvalue weighted by Gasteiger charge is 2.13. The van der Waals surface area contributed by atoms with Crippen LogP contribution in [-0.4, -0.2) is 10.9 Å². The second kappa shape index (κ2) is 8.95. The van der Waals surface area contributed by atoms with Gasteiger partial charge >= 0.3 is 0 Å². The zero-order valence-electron chi connectivity index (χ0n) is 17.4. The highest BCUT2D eigenvalue weighted by molar-refractivity contribution is 5.98. The molecule has 0 fully saturated rings. The number of nitrogens with zero attached hydrogens (tertiary/aromatic N) is 1. The summed E-state index contributed by atoms with van der Waals surface area (Å²) in [7, 11) is 0. The standard InChI is InChI=1S/C24H26FN3O2/c1-24(2,3)14-17-5-4-6-19(13-17)30-18-9-7-16(8-10-18)15-27-23(29)20-11-12-21(25)28-22(20)26/h4-13H,14-15H2,1-3H3,(H2,26,28)(H,27,29). The van der Waals surface area contributed by atoms with Crippen molar-refractivity contribution in [2.45, 2.75) is 33.7 Å². The lowest BCUT2D eigenvalue weighted by molar-refractivity contribution is 0.0951. The second-order valence-electron chi connectivity index (χ2n) is 8.38. The summed E-state index contributed by atoms with van der Waals surface area (Å²) in [6, 6.07) is 18.0. The van der Waals surface area contributed by atoms with Crippen LogP contribution in [0.5, 0.6) is 11.5 Å². The van der Waals surface area contributed by atoms with E-state index in [-0.39, 0.29) is 16.8 Å². The lowest BCUT2D eigenvalue weighted by atomic mass is 9.88. The van der Waals surface area contributed by atoms with Gasteiger partial charge in [0.1, 0.15) is 17.3 Å². The molecule has 0 aliphatic rings. The zero-order valence-corrected chi connectivity index (χ0v) is 17.4. The number of nitrogen functional groups attached to an aromatic ring is 1. The maximum absolute atomic E-state index is 13.0. The molecule has 0 bridgehead atoms. The normalized spacial score (nSPS) is 11.2. The van der Waals surface area contributed by atoms with E-state index in [1.807, 2.05) is 36.4 Å². The van der Waals surface area contributed by atoms with Gasteiger partial charge in [-0.25, -0.2) is 4.98 Å². The van der Waals surface area contributed by atoms with E-state index in [1.165, 1.54) is 11.6 Å². The Kier molecular flexibility index (Phi) is 6.35. The van der Waals surface area contributed by atoms with Crippen LogP contribution in [0.25, 0.3) is 0 Å². The molecule has 0 saturated carbocycles. The number of carbonyl (C=O) groups excluding carboxylic acids is 1. The van der Waals surface area contributed by atoms with Gasteiger partial charge in [-0.05, 0) is 59.4 Å². The van der Waals surface area contributed by atoms with E-state index in [0.29, 0.717) is 12.3 Å². The van der Waals surface area contributed by atoms with Gasteiger partial charge < -0.3 is 15.8 Å². The number of hydrogen-bond donors (Lipinski definition) is 2. The van der Waals surface area contributed by atoms with Gasteiger partial charge in [0.15, 0.2) is 0 Å². The van der Waals surface area contributed by atoms with Crippen molar-refractivity contribution in [3.05, 3.63) is 83.3 Å². The fourth-order valence-electron chi connectivity index (χ4n) is 3.06. The summed E-state index contributed by atoms with van der Waals surface area (Å²) < 4.78 is 19.0. The van der Waals surface area contributed by atoms with Gasteiger partial charge in [-0.1, -0.05) is 45.0 Å². The van der Waals surface area contributed by atoms with Crippen molar-refractivity contribution in [3.63, 3.8) is 0 Å². The number of hydrogen-bond acceptors (Lipinski definition) is 4. The Labute approximate surface area is 176 Å². The van der Waals surface area contributed by atoms with E-state index in [1.54, 1.807) is 0 Å². The van der Waals surface area contributed by atoms with Crippen LogP contribution in [0.3, 0.4) is 0 Å². The third-order valence-electron chi connectivity index (χ3n) is 4.38. The maximum atomic E-state index is 13.0. The van der Waals surface area contributed by atoms with Gasteiger partial charge in [0, 0.05) is 6.54 Å². The van der Waals surface area contributed by atoms with E-state index in [9.17, 15) is 9.18 Å². The zero-order chi connectivity index (χ0) is 21.7. The van der Waals surface area contributed by atoms with Gasteiger partial charge in [-0.2, -0.15) is 4.39 Å². The molecule has 156 valence electrons. The van der Waals surface area contributed by atoms with Crippen molar-refractivity contribution in [1.82, 2.24) is 10.3 Å². The molecule has 6 heteroatoms. The number of nitrogens with two attached hydrogens (primary N) is 1. The van der Waals surface area contributed by atoms with Gasteiger partial charge in [-0.3, -0.25) is 4.79 Å². The Morgan fingerprint density at radius 2 is 1.77 bits per heavy atom. The first kappa shape index (κ1) is 21.3. The molecule has 1 heterocycles. The quantitative estimate of drug-likeness (QED) is 0.557. The molecular formula is C24H26FN3O2. The molecule has 0 unspecified atom stereocenters. The fraction of sp³-hybridized carbons (Fsp3) is 0.250. The lowest BCUT2D eigenvalue weighted by Gasteiger charge is -2.18. The molecule has 3 N–H and O–H groups in total. The van der Waals surface area contributed by atoms with Gasteiger partial charge in [0.2, 0.25) is 5.95 Å². The van der Waals surface area contributed by atoms with Gasteiger partial charge in [0.05, 0.1) is 5.56 Å². The minimum Gasteiger partial charge on any atom is -0.457 e. The van der Waals surface area contributed by atoms with Crippen molar-refractivity contribution < 1.29 is 13.9 Å². The first-order valence-electron chi connectivity index (χ1n) is 9.75. The first-order chi connectivity index (χ1) is 14.2. The summed E-state index contributed by atoms with van der Waals surface area (Å²) in [6.45, 7) is 6.92. The molecule has 0 spiro atoms. The highest BCUT2D eigenvalue weighted by Crippen LogP contribution is 2.26. The number of halogens is 1. The van der Waals surface area contributed by atoms with Crippen LogP contribution in [0.15, 0.2) is 60.7 Å². The number of nitrogens with one attached hydrogen (secondary N) is 1. The van der Waals surface area contributed by atoms with E-state index < -0.39 is 11.9 Å². The summed E-state index contributed by atoms with van der Waals surface area (Å²) in [5.41, 5.74) is 8.08. The minimum absolute atomic E-state index is 0.134. The summed E-state index contributed by atoms with van der Waals surface area (Å²) in [6.07, 6.45) is 0.969. The third kappa shape index (κ3) is 6.04. The van der Waals surface area contributed by atoms with Crippen LogP contribution in [0.1, 0.15) is 42.3 Å². The summed E-state index contributed by atoms with van der Waals surface area (Å²) in [5.74, 6) is 0.242. The second-order valence-corrected chi connectivity index (χ2v) is 8.38. The van der Waals surface area contributed by atoms with Crippen molar-refractivity contribution in [1.29, 1.82) is 0 Å². The first-order valence-corrected chi connectivity index (χ1v) is 9.75.